The highest BCUT2D eigenvalue weighted by Crippen LogP contribution is 2.27. The molecule has 0 heterocycles. The van der Waals surface area contributed by atoms with Crippen molar-refractivity contribution in [1.29, 1.82) is 0 Å². The number of hydrogen-bond acceptors (Lipinski definition) is 4. The lowest BCUT2D eigenvalue weighted by atomic mass is 10.2. The molecule has 0 aliphatic carbocycles. The third kappa shape index (κ3) is 4.91. The molecule has 5 nitrogen and oxygen atoms in total. The lowest BCUT2D eigenvalue weighted by Crippen LogP contribution is -2.35. The SMILES string of the molecule is CCOc1cc(C=O)ccc1OCC(=O)N[C@H](C)CC. The monoisotopic (exact) mass is 279 g/mol. The van der Waals surface area contributed by atoms with Crippen molar-refractivity contribution in [3.8, 4) is 11.5 Å². The van der Waals surface area contributed by atoms with Crippen LogP contribution in [0, 0.1) is 0 Å². The topological polar surface area (TPSA) is 64.6 Å². The van der Waals surface area contributed by atoms with Crippen LogP contribution in [0.4, 0.5) is 0 Å². The molecule has 0 aliphatic heterocycles. The minimum Gasteiger partial charge on any atom is -0.490 e. The Balaban J connectivity index is 2.66. The second kappa shape index (κ2) is 8.19. The van der Waals surface area contributed by atoms with Crippen molar-refractivity contribution in [2.75, 3.05) is 13.2 Å². The summed E-state index contributed by atoms with van der Waals surface area (Å²) in [6.07, 6.45) is 1.60. The van der Waals surface area contributed by atoms with Gasteiger partial charge in [-0.1, -0.05) is 6.92 Å². The van der Waals surface area contributed by atoms with Gasteiger partial charge in [0.15, 0.2) is 18.1 Å². The van der Waals surface area contributed by atoms with Gasteiger partial charge in [-0.05, 0) is 38.5 Å². The van der Waals surface area contributed by atoms with Crippen LogP contribution in [0.2, 0.25) is 0 Å². The summed E-state index contributed by atoms with van der Waals surface area (Å²) < 4.78 is 10.8. The maximum atomic E-state index is 11.6. The molecule has 0 aromatic heterocycles. The van der Waals surface area contributed by atoms with Crippen molar-refractivity contribution in [2.24, 2.45) is 0 Å². The maximum absolute atomic E-state index is 11.6. The summed E-state index contributed by atoms with van der Waals surface area (Å²) in [6.45, 7) is 6.15. The molecule has 0 saturated heterocycles. The van der Waals surface area contributed by atoms with E-state index < -0.39 is 0 Å². The number of benzene rings is 1. The summed E-state index contributed by atoms with van der Waals surface area (Å²) >= 11 is 0. The molecule has 0 aliphatic rings. The van der Waals surface area contributed by atoms with Crippen LogP contribution in [0.1, 0.15) is 37.6 Å². The summed E-state index contributed by atoms with van der Waals surface area (Å²) in [5, 5.41) is 2.81. The van der Waals surface area contributed by atoms with Gasteiger partial charge in [0.1, 0.15) is 6.29 Å². The lowest BCUT2D eigenvalue weighted by molar-refractivity contribution is -0.123. The van der Waals surface area contributed by atoms with Gasteiger partial charge in [-0.25, -0.2) is 0 Å². The Morgan fingerprint density at radius 1 is 1.30 bits per heavy atom. The molecule has 20 heavy (non-hydrogen) atoms. The molecule has 1 atom stereocenters. The first-order chi connectivity index (χ1) is 9.60. The second-order valence-electron chi connectivity index (χ2n) is 4.42. The standard InChI is InChI=1S/C15H21NO4/c1-4-11(3)16-15(18)10-20-13-7-6-12(9-17)8-14(13)19-5-2/h6-9,11H,4-5,10H2,1-3H3,(H,16,18)/t11-/m1/s1. The Morgan fingerprint density at radius 3 is 2.65 bits per heavy atom. The van der Waals surface area contributed by atoms with Gasteiger partial charge in [-0.3, -0.25) is 9.59 Å². The molecule has 1 rings (SSSR count). The van der Waals surface area contributed by atoms with E-state index in [4.69, 9.17) is 9.47 Å². The normalized spacial score (nSPS) is 11.6. The van der Waals surface area contributed by atoms with E-state index in [9.17, 15) is 9.59 Å². The van der Waals surface area contributed by atoms with Crippen LogP contribution >= 0.6 is 0 Å². The molecule has 0 radical (unpaired) electrons. The highest BCUT2D eigenvalue weighted by Gasteiger charge is 2.10. The number of nitrogens with one attached hydrogen (secondary N) is 1. The van der Waals surface area contributed by atoms with E-state index in [0.29, 0.717) is 23.7 Å². The fourth-order valence-electron chi connectivity index (χ4n) is 1.55. The Hall–Kier alpha value is -2.04. The van der Waals surface area contributed by atoms with E-state index >= 15 is 0 Å². The molecule has 0 unspecified atom stereocenters. The molecule has 0 saturated carbocycles. The maximum Gasteiger partial charge on any atom is 0.258 e. The second-order valence-corrected chi connectivity index (χ2v) is 4.42. The number of aldehydes is 1. The molecular formula is C15H21NO4. The van der Waals surface area contributed by atoms with E-state index in [1.165, 1.54) is 0 Å². The van der Waals surface area contributed by atoms with Gasteiger partial charge in [0, 0.05) is 11.6 Å². The molecule has 0 spiro atoms. The summed E-state index contributed by atoms with van der Waals surface area (Å²) in [7, 11) is 0. The Morgan fingerprint density at radius 2 is 2.05 bits per heavy atom. The molecule has 0 fully saturated rings. The molecule has 0 bridgehead atoms. The van der Waals surface area contributed by atoms with E-state index in [1.54, 1.807) is 18.2 Å². The summed E-state index contributed by atoms with van der Waals surface area (Å²) in [4.78, 5) is 22.4. The first-order valence-corrected chi connectivity index (χ1v) is 6.74. The smallest absolute Gasteiger partial charge is 0.258 e. The Kier molecular flexibility index (Phi) is 6.56. The molecule has 5 heteroatoms. The van der Waals surface area contributed by atoms with Gasteiger partial charge >= 0.3 is 0 Å². The first-order valence-electron chi connectivity index (χ1n) is 6.74. The number of amides is 1. The fourth-order valence-corrected chi connectivity index (χ4v) is 1.55. The average molecular weight is 279 g/mol. The molecule has 1 N–H and O–H groups in total. The van der Waals surface area contributed by atoms with Crippen LogP contribution in [-0.2, 0) is 4.79 Å². The Labute approximate surface area is 119 Å². The van der Waals surface area contributed by atoms with Gasteiger partial charge in [0.2, 0.25) is 0 Å². The van der Waals surface area contributed by atoms with Crippen molar-refractivity contribution in [3.05, 3.63) is 23.8 Å². The minimum absolute atomic E-state index is 0.0785. The zero-order chi connectivity index (χ0) is 15.0. The molecule has 110 valence electrons. The van der Waals surface area contributed by atoms with E-state index in [1.807, 2.05) is 20.8 Å². The number of carbonyl (C=O) groups excluding carboxylic acids is 2. The predicted molar refractivity (Wildman–Crippen MR) is 76.4 cm³/mol. The average Bonchev–Trinajstić information content (AvgIpc) is 2.46. The zero-order valence-corrected chi connectivity index (χ0v) is 12.1. The number of hydrogen-bond donors (Lipinski definition) is 1. The third-order valence-corrected chi connectivity index (χ3v) is 2.78. The van der Waals surface area contributed by atoms with Gasteiger partial charge in [-0.15, -0.1) is 0 Å². The molecule has 1 aromatic rings. The third-order valence-electron chi connectivity index (χ3n) is 2.78. The van der Waals surface area contributed by atoms with E-state index in [-0.39, 0.29) is 18.6 Å². The van der Waals surface area contributed by atoms with Gasteiger partial charge in [0.25, 0.3) is 5.91 Å². The van der Waals surface area contributed by atoms with Gasteiger partial charge in [-0.2, -0.15) is 0 Å². The summed E-state index contributed by atoms with van der Waals surface area (Å²) in [5.74, 6) is 0.742. The van der Waals surface area contributed by atoms with Crippen molar-refractivity contribution >= 4 is 12.2 Å². The predicted octanol–water partition coefficient (Wildman–Crippen LogP) is 2.19. The van der Waals surface area contributed by atoms with Crippen molar-refractivity contribution in [1.82, 2.24) is 5.32 Å². The fraction of sp³-hybridized carbons (Fsp3) is 0.467. The molecular weight excluding hydrogens is 258 g/mol. The number of rotatable bonds is 8. The van der Waals surface area contributed by atoms with Crippen molar-refractivity contribution in [2.45, 2.75) is 33.2 Å². The quantitative estimate of drug-likeness (QED) is 0.741. The number of ether oxygens (including phenoxy) is 2. The van der Waals surface area contributed by atoms with E-state index in [0.717, 1.165) is 12.7 Å². The van der Waals surface area contributed by atoms with E-state index in [2.05, 4.69) is 5.32 Å². The zero-order valence-electron chi connectivity index (χ0n) is 12.1. The van der Waals surface area contributed by atoms with Crippen LogP contribution < -0.4 is 14.8 Å². The lowest BCUT2D eigenvalue weighted by Gasteiger charge is -2.14. The Bertz CT molecular complexity index is 459. The van der Waals surface area contributed by atoms with Crippen LogP contribution in [-0.4, -0.2) is 31.4 Å². The van der Waals surface area contributed by atoms with Crippen molar-refractivity contribution < 1.29 is 19.1 Å². The van der Waals surface area contributed by atoms with Gasteiger partial charge in [0.05, 0.1) is 6.61 Å². The molecule has 1 amide bonds. The molecule has 1 aromatic carbocycles. The van der Waals surface area contributed by atoms with Crippen LogP contribution in [0.5, 0.6) is 11.5 Å². The summed E-state index contributed by atoms with van der Waals surface area (Å²) in [6, 6.07) is 4.97. The largest absolute Gasteiger partial charge is 0.490 e. The highest BCUT2D eigenvalue weighted by atomic mass is 16.5. The first kappa shape index (κ1) is 16.0. The van der Waals surface area contributed by atoms with Crippen LogP contribution in [0.3, 0.4) is 0 Å². The minimum atomic E-state index is -0.179. The van der Waals surface area contributed by atoms with Crippen LogP contribution in [0.25, 0.3) is 0 Å². The van der Waals surface area contributed by atoms with Crippen molar-refractivity contribution in [3.63, 3.8) is 0 Å². The summed E-state index contributed by atoms with van der Waals surface area (Å²) in [5.41, 5.74) is 0.504. The van der Waals surface area contributed by atoms with Crippen LogP contribution in [0.15, 0.2) is 18.2 Å². The highest BCUT2D eigenvalue weighted by molar-refractivity contribution is 5.78. The van der Waals surface area contributed by atoms with Gasteiger partial charge < -0.3 is 14.8 Å². The number of carbonyl (C=O) groups is 2.